The summed E-state index contributed by atoms with van der Waals surface area (Å²) in [7, 11) is 0. The van der Waals surface area contributed by atoms with Gasteiger partial charge in [-0.1, -0.05) is 12.2 Å². The van der Waals surface area contributed by atoms with Crippen molar-refractivity contribution in [2.75, 3.05) is 5.32 Å². The second-order valence-corrected chi connectivity index (χ2v) is 7.36. The number of imide groups is 1. The Balaban J connectivity index is 1.50. The van der Waals surface area contributed by atoms with Gasteiger partial charge in [0.2, 0.25) is 17.7 Å². The van der Waals surface area contributed by atoms with Crippen molar-refractivity contribution < 1.29 is 19.3 Å². The summed E-state index contributed by atoms with van der Waals surface area (Å²) in [5.41, 5.74) is 0.286. The first-order valence-electron chi connectivity index (χ1n) is 8.99. The van der Waals surface area contributed by atoms with E-state index in [9.17, 15) is 24.5 Å². The minimum absolute atomic E-state index is 0.0754. The summed E-state index contributed by atoms with van der Waals surface area (Å²) in [5.74, 6) is -1.58. The molecule has 8 heteroatoms. The molecule has 5 atom stereocenters. The van der Waals surface area contributed by atoms with Gasteiger partial charge in [0.1, 0.15) is 6.04 Å². The summed E-state index contributed by atoms with van der Waals surface area (Å²) in [6.45, 7) is 1.53. The Morgan fingerprint density at radius 1 is 1.11 bits per heavy atom. The standard InChI is InChI=1S/C19H19N3O5/c1-10(17(23)20-13-6-8-14(9-7-13)22(26)27)21-18(24)15-11-2-3-12(5-4-11)16(15)19(21)25/h2-3,6-12,15-16H,4-5H2,1H3,(H,20,23). The Hall–Kier alpha value is -3.03. The van der Waals surface area contributed by atoms with Crippen molar-refractivity contribution in [3.63, 3.8) is 0 Å². The molecule has 1 saturated heterocycles. The molecule has 0 spiro atoms. The lowest BCUT2D eigenvalue weighted by molar-refractivity contribution is -0.384. The van der Waals surface area contributed by atoms with Crippen LogP contribution in [0.1, 0.15) is 19.8 Å². The van der Waals surface area contributed by atoms with Crippen molar-refractivity contribution >= 4 is 29.1 Å². The normalized spacial score (nSPS) is 29.6. The molecule has 5 unspecified atom stereocenters. The molecule has 5 rings (SSSR count). The molecule has 0 radical (unpaired) electrons. The number of likely N-dealkylation sites (tertiary alicyclic amines) is 1. The number of rotatable bonds is 4. The Morgan fingerprint density at radius 2 is 1.63 bits per heavy atom. The molecular weight excluding hydrogens is 350 g/mol. The number of anilines is 1. The van der Waals surface area contributed by atoms with E-state index < -0.39 is 16.9 Å². The maximum absolute atomic E-state index is 12.9. The van der Waals surface area contributed by atoms with Crippen LogP contribution in [0, 0.1) is 33.8 Å². The average Bonchev–Trinajstić information content (AvgIpc) is 2.95. The highest BCUT2D eigenvalue weighted by molar-refractivity contribution is 6.10. The van der Waals surface area contributed by atoms with Crippen LogP contribution in [0.3, 0.4) is 0 Å². The monoisotopic (exact) mass is 369 g/mol. The Labute approximate surface area is 155 Å². The fourth-order valence-electron chi connectivity index (χ4n) is 4.51. The van der Waals surface area contributed by atoms with Gasteiger partial charge >= 0.3 is 0 Å². The number of hydrogen-bond acceptors (Lipinski definition) is 5. The first-order valence-corrected chi connectivity index (χ1v) is 8.99. The lowest BCUT2D eigenvalue weighted by Gasteiger charge is -2.38. The van der Waals surface area contributed by atoms with E-state index in [2.05, 4.69) is 5.32 Å². The van der Waals surface area contributed by atoms with Crippen LogP contribution < -0.4 is 5.32 Å². The van der Waals surface area contributed by atoms with Crippen molar-refractivity contribution in [3.05, 3.63) is 46.5 Å². The van der Waals surface area contributed by atoms with Crippen LogP contribution in [0.4, 0.5) is 11.4 Å². The zero-order chi connectivity index (χ0) is 19.3. The van der Waals surface area contributed by atoms with Crippen molar-refractivity contribution in [3.8, 4) is 0 Å². The van der Waals surface area contributed by atoms with Gasteiger partial charge in [-0.15, -0.1) is 0 Å². The van der Waals surface area contributed by atoms with E-state index in [-0.39, 0.29) is 41.2 Å². The summed E-state index contributed by atoms with van der Waals surface area (Å²) in [4.78, 5) is 49.6. The zero-order valence-corrected chi connectivity index (χ0v) is 14.7. The molecule has 2 bridgehead atoms. The molecule has 1 N–H and O–H groups in total. The number of hydrogen-bond donors (Lipinski definition) is 1. The van der Waals surface area contributed by atoms with Crippen LogP contribution in [0.15, 0.2) is 36.4 Å². The number of allylic oxidation sites excluding steroid dienone is 2. The summed E-state index contributed by atoms with van der Waals surface area (Å²) in [6.07, 6.45) is 5.87. The molecule has 4 aliphatic rings. The topological polar surface area (TPSA) is 110 Å². The van der Waals surface area contributed by atoms with E-state index in [1.807, 2.05) is 12.2 Å². The SMILES string of the molecule is CC(C(=O)Nc1ccc([N+](=O)[O-])cc1)N1C(=O)C2C3C=CC(CC3)C2C1=O. The van der Waals surface area contributed by atoms with Crippen LogP contribution >= 0.6 is 0 Å². The van der Waals surface area contributed by atoms with E-state index >= 15 is 0 Å². The highest BCUT2D eigenvalue weighted by atomic mass is 16.6. The second kappa shape index (κ2) is 6.29. The Morgan fingerprint density at radius 3 is 2.07 bits per heavy atom. The highest BCUT2D eigenvalue weighted by Gasteiger charge is 2.58. The largest absolute Gasteiger partial charge is 0.324 e. The van der Waals surface area contributed by atoms with E-state index in [0.717, 1.165) is 17.7 Å². The molecule has 1 aromatic rings. The van der Waals surface area contributed by atoms with Crippen LogP contribution in [-0.2, 0) is 14.4 Å². The number of nitro groups is 1. The van der Waals surface area contributed by atoms with Gasteiger partial charge in [-0.25, -0.2) is 0 Å². The molecule has 1 aromatic carbocycles. The Kier molecular flexibility index (Phi) is 4.05. The second-order valence-electron chi connectivity index (χ2n) is 7.36. The molecule has 27 heavy (non-hydrogen) atoms. The number of carbonyl (C=O) groups is 3. The summed E-state index contributed by atoms with van der Waals surface area (Å²) >= 11 is 0. The van der Waals surface area contributed by atoms with E-state index in [1.165, 1.54) is 31.2 Å². The predicted molar refractivity (Wildman–Crippen MR) is 95.4 cm³/mol. The average molecular weight is 369 g/mol. The molecule has 0 aromatic heterocycles. The zero-order valence-electron chi connectivity index (χ0n) is 14.7. The summed E-state index contributed by atoms with van der Waals surface area (Å²) in [6, 6.07) is 4.46. The van der Waals surface area contributed by atoms with Gasteiger partial charge in [-0.3, -0.25) is 29.4 Å². The third-order valence-corrected chi connectivity index (χ3v) is 5.91. The third-order valence-electron chi connectivity index (χ3n) is 5.91. The molecule has 3 amide bonds. The van der Waals surface area contributed by atoms with Gasteiger partial charge in [0, 0.05) is 17.8 Å². The van der Waals surface area contributed by atoms with Gasteiger partial charge in [-0.05, 0) is 43.7 Å². The minimum Gasteiger partial charge on any atom is -0.324 e. The number of benzene rings is 1. The molecule has 2 fully saturated rings. The quantitative estimate of drug-likeness (QED) is 0.378. The highest BCUT2D eigenvalue weighted by Crippen LogP contribution is 2.49. The van der Waals surface area contributed by atoms with Crippen molar-refractivity contribution in [1.82, 2.24) is 4.90 Å². The van der Waals surface area contributed by atoms with Crippen LogP contribution in [0.25, 0.3) is 0 Å². The molecule has 1 saturated carbocycles. The molecule has 1 aliphatic heterocycles. The van der Waals surface area contributed by atoms with Crippen LogP contribution in [-0.4, -0.2) is 33.6 Å². The number of fused-ring (bicyclic) bond motifs is 1. The number of nitrogens with zero attached hydrogens (tertiary/aromatic N) is 2. The first kappa shape index (κ1) is 17.4. The maximum atomic E-state index is 12.9. The number of amides is 3. The van der Waals surface area contributed by atoms with E-state index in [1.54, 1.807) is 0 Å². The van der Waals surface area contributed by atoms with Gasteiger partial charge in [0.25, 0.3) is 5.69 Å². The smallest absolute Gasteiger partial charge is 0.269 e. The summed E-state index contributed by atoms with van der Waals surface area (Å²) in [5, 5.41) is 13.3. The molecular formula is C19H19N3O5. The summed E-state index contributed by atoms with van der Waals surface area (Å²) < 4.78 is 0. The molecule has 8 nitrogen and oxygen atoms in total. The van der Waals surface area contributed by atoms with Gasteiger partial charge < -0.3 is 5.32 Å². The molecule has 1 heterocycles. The number of carbonyl (C=O) groups excluding carboxylic acids is 3. The predicted octanol–water partition coefficient (Wildman–Crippen LogP) is 2.12. The lowest BCUT2D eigenvalue weighted by Crippen LogP contribution is -2.46. The minimum atomic E-state index is -0.940. The Bertz CT molecular complexity index is 831. The van der Waals surface area contributed by atoms with Crippen molar-refractivity contribution in [2.24, 2.45) is 23.7 Å². The fourth-order valence-corrected chi connectivity index (χ4v) is 4.51. The van der Waals surface area contributed by atoms with Gasteiger partial charge in [0.15, 0.2) is 0 Å². The molecule has 140 valence electrons. The number of nitro benzene ring substituents is 1. The third kappa shape index (κ3) is 2.72. The van der Waals surface area contributed by atoms with Gasteiger partial charge in [0.05, 0.1) is 16.8 Å². The fraction of sp³-hybridized carbons (Fsp3) is 0.421. The maximum Gasteiger partial charge on any atom is 0.269 e. The van der Waals surface area contributed by atoms with Crippen molar-refractivity contribution in [2.45, 2.75) is 25.8 Å². The van der Waals surface area contributed by atoms with Crippen LogP contribution in [0.2, 0.25) is 0 Å². The molecule has 3 aliphatic carbocycles. The first-order chi connectivity index (χ1) is 12.9. The van der Waals surface area contributed by atoms with Crippen LogP contribution in [0.5, 0.6) is 0 Å². The van der Waals surface area contributed by atoms with E-state index in [0.29, 0.717) is 5.69 Å². The van der Waals surface area contributed by atoms with Gasteiger partial charge in [-0.2, -0.15) is 0 Å². The number of non-ortho nitro benzene ring substituents is 1. The number of nitrogens with one attached hydrogen (secondary N) is 1. The van der Waals surface area contributed by atoms with E-state index in [4.69, 9.17) is 0 Å². The lowest BCUT2D eigenvalue weighted by atomic mass is 9.63. The van der Waals surface area contributed by atoms with Crippen molar-refractivity contribution in [1.29, 1.82) is 0 Å².